The molecule has 3 fully saturated rings. The maximum Gasteiger partial charge on any atom is 0.410 e. The third-order valence-corrected chi connectivity index (χ3v) is 8.48. The molecule has 9 nitrogen and oxygen atoms in total. The summed E-state index contributed by atoms with van der Waals surface area (Å²) in [6, 6.07) is -1.41. The van der Waals surface area contributed by atoms with Gasteiger partial charge >= 0.3 is 12.2 Å². The van der Waals surface area contributed by atoms with E-state index in [1.54, 1.807) is 0 Å². The first-order valence-electron chi connectivity index (χ1n) is 13.7. The number of amides is 3. The van der Waals surface area contributed by atoms with Crippen LogP contribution in [-0.2, 0) is 6.54 Å². The third-order valence-electron chi connectivity index (χ3n) is 8.48. The number of nitrogens with one attached hydrogen (secondary N) is 2. The van der Waals surface area contributed by atoms with Crippen LogP contribution < -0.4 is 10.6 Å². The van der Waals surface area contributed by atoms with E-state index in [0.717, 1.165) is 24.2 Å². The number of fused-ring (bicyclic) bond motifs is 1. The Morgan fingerprint density at radius 2 is 1.93 bits per heavy atom. The summed E-state index contributed by atoms with van der Waals surface area (Å²) in [4.78, 5) is 30.5. The van der Waals surface area contributed by atoms with Crippen LogP contribution in [0.5, 0.6) is 0 Å². The molecule has 2 saturated carbocycles. The van der Waals surface area contributed by atoms with Gasteiger partial charge in [0.05, 0.1) is 13.1 Å². The number of carbonyl (C=O) groups excluding carboxylic acids is 2. The van der Waals surface area contributed by atoms with Crippen LogP contribution in [0.4, 0.5) is 31.1 Å². The SMILES string of the molecule is O=C(NC(c1nc2c(F)c(CN3CC(C(F)(F)F)NC3=O)ccc2o1)C1CCC(F)(F)CC1)c1nocc1C1CCC1. The van der Waals surface area contributed by atoms with Crippen molar-refractivity contribution in [3.63, 3.8) is 0 Å². The second kappa shape index (κ2) is 10.5. The van der Waals surface area contributed by atoms with Crippen molar-refractivity contribution in [1.82, 2.24) is 25.7 Å². The van der Waals surface area contributed by atoms with Crippen LogP contribution in [-0.4, -0.2) is 51.7 Å². The number of hydrogen-bond donors (Lipinski definition) is 2. The Bertz CT molecular complexity index is 1490. The minimum atomic E-state index is -4.65. The van der Waals surface area contributed by atoms with Gasteiger partial charge in [0.1, 0.15) is 23.9 Å². The fourth-order valence-corrected chi connectivity index (χ4v) is 5.80. The Labute approximate surface area is 235 Å². The first kappa shape index (κ1) is 28.3. The number of oxazole rings is 1. The molecule has 0 radical (unpaired) electrons. The van der Waals surface area contributed by atoms with Crippen molar-refractivity contribution in [2.24, 2.45) is 5.92 Å². The smallest absolute Gasteiger partial charge is 0.410 e. The minimum Gasteiger partial charge on any atom is -0.438 e. The summed E-state index contributed by atoms with van der Waals surface area (Å²) in [5, 5.41) is 8.48. The van der Waals surface area contributed by atoms with Gasteiger partial charge in [0.15, 0.2) is 17.1 Å². The fourth-order valence-electron chi connectivity index (χ4n) is 5.80. The first-order valence-corrected chi connectivity index (χ1v) is 13.7. The highest BCUT2D eigenvalue weighted by molar-refractivity contribution is 5.94. The molecular weight excluding hydrogens is 572 g/mol. The second-order valence-corrected chi connectivity index (χ2v) is 11.3. The molecule has 2 aliphatic carbocycles. The maximum absolute atomic E-state index is 15.6. The van der Waals surface area contributed by atoms with Crippen molar-refractivity contribution >= 4 is 23.0 Å². The van der Waals surface area contributed by atoms with E-state index in [-0.39, 0.29) is 47.0 Å². The number of hydrogen-bond acceptors (Lipinski definition) is 6. The Morgan fingerprint density at radius 3 is 2.57 bits per heavy atom. The van der Waals surface area contributed by atoms with Crippen molar-refractivity contribution in [3.8, 4) is 0 Å². The van der Waals surface area contributed by atoms with Crippen LogP contribution in [0, 0.1) is 11.7 Å². The van der Waals surface area contributed by atoms with Crippen LogP contribution in [0.2, 0.25) is 0 Å². The molecule has 1 saturated heterocycles. The summed E-state index contributed by atoms with van der Waals surface area (Å²) in [5.74, 6) is -4.83. The van der Waals surface area contributed by atoms with Gasteiger partial charge in [-0.25, -0.2) is 22.9 Å². The van der Waals surface area contributed by atoms with Gasteiger partial charge in [0.2, 0.25) is 11.8 Å². The van der Waals surface area contributed by atoms with E-state index in [4.69, 9.17) is 8.94 Å². The lowest BCUT2D eigenvalue weighted by Gasteiger charge is -2.32. The monoisotopic (exact) mass is 599 g/mol. The summed E-state index contributed by atoms with van der Waals surface area (Å²) < 4.78 is 93.5. The van der Waals surface area contributed by atoms with Gasteiger partial charge in [-0.05, 0) is 43.6 Å². The van der Waals surface area contributed by atoms with Gasteiger partial charge in [0, 0.05) is 24.0 Å². The Morgan fingerprint density at radius 1 is 1.19 bits per heavy atom. The minimum absolute atomic E-state index is 0.0118. The van der Waals surface area contributed by atoms with Gasteiger partial charge in [-0.2, -0.15) is 13.2 Å². The predicted molar refractivity (Wildman–Crippen MR) is 133 cm³/mol. The van der Waals surface area contributed by atoms with Crippen LogP contribution in [0.1, 0.15) is 84.4 Å². The molecule has 6 rings (SSSR count). The van der Waals surface area contributed by atoms with Crippen LogP contribution >= 0.6 is 0 Å². The number of halogens is 6. The van der Waals surface area contributed by atoms with Crippen LogP contribution in [0.3, 0.4) is 0 Å². The molecule has 2 atom stereocenters. The van der Waals surface area contributed by atoms with Crippen LogP contribution in [0.15, 0.2) is 27.3 Å². The number of urea groups is 1. The van der Waals surface area contributed by atoms with E-state index in [9.17, 15) is 31.5 Å². The molecule has 226 valence electrons. The van der Waals surface area contributed by atoms with Gasteiger partial charge in [-0.15, -0.1) is 0 Å². The molecule has 1 aliphatic heterocycles. The molecule has 42 heavy (non-hydrogen) atoms. The van der Waals surface area contributed by atoms with E-state index in [0.29, 0.717) is 5.56 Å². The molecule has 2 aromatic heterocycles. The number of benzene rings is 1. The molecule has 0 bridgehead atoms. The van der Waals surface area contributed by atoms with Crippen molar-refractivity contribution in [2.45, 2.75) is 81.6 Å². The van der Waals surface area contributed by atoms with Gasteiger partial charge in [-0.1, -0.05) is 17.6 Å². The molecule has 3 heterocycles. The largest absolute Gasteiger partial charge is 0.438 e. The van der Waals surface area contributed by atoms with Crippen molar-refractivity contribution in [3.05, 3.63) is 46.9 Å². The van der Waals surface area contributed by atoms with Crippen LogP contribution in [0.25, 0.3) is 11.1 Å². The summed E-state index contributed by atoms with van der Waals surface area (Å²) in [6.07, 6.45) is -1.18. The number of nitrogens with zero attached hydrogens (tertiary/aromatic N) is 3. The lowest BCUT2D eigenvalue weighted by Crippen LogP contribution is -2.40. The van der Waals surface area contributed by atoms with Gasteiger partial charge < -0.3 is 24.5 Å². The molecular formula is C27H27F6N5O4. The Kier molecular flexibility index (Phi) is 7.08. The first-order chi connectivity index (χ1) is 19.9. The topological polar surface area (TPSA) is 114 Å². The predicted octanol–water partition coefficient (Wildman–Crippen LogP) is 5.98. The lowest BCUT2D eigenvalue weighted by atomic mass is 9.80. The highest BCUT2D eigenvalue weighted by atomic mass is 19.4. The van der Waals surface area contributed by atoms with Gasteiger partial charge in [-0.3, -0.25) is 4.79 Å². The molecule has 2 unspecified atom stereocenters. The number of carbonyl (C=O) groups is 2. The summed E-state index contributed by atoms with van der Waals surface area (Å²) in [6.45, 7) is -1.13. The van der Waals surface area contributed by atoms with E-state index < -0.39 is 73.8 Å². The fraction of sp³-hybridized carbons (Fsp3) is 0.556. The molecule has 1 aromatic carbocycles. The second-order valence-electron chi connectivity index (χ2n) is 11.3. The van der Waals surface area contributed by atoms with Crippen molar-refractivity contribution < 1.29 is 44.9 Å². The van der Waals surface area contributed by atoms with E-state index >= 15 is 4.39 Å². The molecule has 0 spiro atoms. The summed E-state index contributed by atoms with van der Waals surface area (Å²) >= 11 is 0. The highest BCUT2D eigenvalue weighted by Crippen LogP contribution is 2.43. The molecule has 3 aliphatic rings. The average Bonchev–Trinajstić information content (AvgIpc) is 3.62. The quantitative estimate of drug-likeness (QED) is 0.324. The molecule has 2 N–H and O–H groups in total. The zero-order chi connectivity index (χ0) is 29.8. The number of aromatic nitrogens is 2. The Balaban J connectivity index is 1.27. The van der Waals surface area contributed by atoms with Gasteiger partial charge in [0.25, 0.3) is 5.91 Å². The summed E-state index contributed by atoms with van der Waals surface area (Å²) in [5.41, 5.74) is 0.371. The zero-order valence-electron chi connectivity index (χ0n) is 22.1. The number of rotatable bonds is 7. The maximum atomic E-state index is 15.6. The Hall–Kier alpha value is -3.78. The summed E-state index contributed by atoms with van der Waals surface area (Å²) in [7, 11) is 0. The lowest BCUT2D eigenvalue weighted by molar-refractivity contribution is -0.149. The third kappa shape index (κ3) is 5.40. The molecule has 3 aromatic rings. The van der Waals surface area contributed by atoms with E-state index in [1.807, 2.05) is 5.32 Å². The standard InChI is InChI=1S/C27H27F6N5O4/c28-19-15(10-38-11-18(27(31,32)33)34-25(38)40)4-5-17-22(19)36-24(42-17)20(14-6-8-26(29,30)9-7-14)35-23(39)21-16(12-41-37-21)13-2-1-3-13/h4-5,12-14,18,20H,1-3,6-11H2,(H,34,40)(H,35,39). The number of alkyl halides is 5. The van der Waals surface area contributed by atoms with E-state index in [1.165, 1.54) is 18.4 Å². The zero-order valence-corrected chi connectivity index (χ0v) is 22.1. The normalized spacial score (nSPS) is 22.3. The van der Waals surface area contributed by atoms with E-state index in [2.05, 4.69) is 15.5 Å². The molecule has 3 amide bonds. The average molecular weight is 600 g/mol. The van der Waals surface area contributed by atoms with Crippen molar-refractivity contribution in [2.75, 3.05) is 6.54 Å². The van der Waals surface area contributed by atoms with Crippen molar-refractivity contribution in [1.29, 1.82) is 0 Å². The molecule has 15 heteroatoms. The highest BCUT2D eigenvalue weighted by Gasteiger charge is 2.47.